The van der Waals surface area contributed by atoms with Crippen molar-refractivity contribution in [2.24, 2.45) is 0 Å². The van der Waals surface area contributed by atoms with Crippen molar-refractivity contribution in [1.82, 2.24) is 4.90 Å². The summed E-state index contributed by atoms with van der Waals surface area (Å²) in [6.45, 7) is 6.69. The third-order valence-corrected chi connectivity index (χ3v) is 7.90. The molecule has 38 heavy (non-hydrogen) atoms. The number of nitrogens with zero attached hydrogens (tertiary/aromatic N) is 1. The van der Waals surface area contributed by atoms with E-state index in [0.29, 0.717) is 49.0 Å². The molecule has 1 heterocycles. The van der Waals surface area contributed by atoms with Crippen molar-refractivity contribution in [2.45, 2.75) is 64.4 Å². The summed E-state index contributed by atoms with van der Waals surface area (Å²) in [5.41, 5.74) is 6.43. The number of allylic oxidation sites excluding steroid dienone is 5. The highest BCUT2D eigenvalue weighted by Crippen LogP contribution is 2.50. The summed E-state index contributed by atoms with van der Waals surface area (Å²) in [6.07, 6.45) is 6.79. The molecular formula is C32H34ClNO4. The van der Waals surface area contributed by atoms with Crippen molar-refractivity contribution in [3.8, 4) is 11.5 Å². The Morgan fingerprint density at radius 3 is 2.29 bits per heavy atom. The van der Waals surface area contributed by atoms with E-state index in [1.165, 1.54) is 0 Å². The molecule has 0 bridgehead atoms. The van der Waals surface area contributed by atoms with Crippen LogP contribution >= 0.6 is 11.6 Å². The van der Waals surface area contributed by atoms with E-state index >= 15 is 0 Å². The number of Topliss-reactive ketones (excluding diaryl/α,β-unsaturated/α-hetero) is 2. The fourth-order valence-corrected chi connectivity index (χ4v) is 6.26. The van der Waals surface area contributed by atoms with E-state index in [9.17, 15) is 9.59 Å². The number of benzene rings is 2. The summed E-state index contributed by atoms with van der Waals surface area (Å²) < 4.78 is 12.4. The second-order valence-corrected chi connectivity index (χ2v) is 10.6. The first-order valence-electron chi connectivity index (χ1n) is 13.5. The lowest BCUT2D eigenvalue weighted by atomic mass is 9.71. The maximum atomic E-state index is 13.4. The van der Waals surface area contributed by atoms with Gasteiger partial charge in [0.2, 0.25) is 0 Å². The maximum absolute atomic E-state index is 13.4. The molecule has 0 N–H and O–H groups in total. The highest BCUT2D eigenvalue weighted by atomic mass is 35.5. The Bertz CT molecular complexity index is 1310. The zero-order valence-corrected chi connectivity index (χ0v) is 22.9. The van der Waals surface area contributed by atoms with Gasteiger partial charge in [0.25, 0.3) is 0 Å². The summed E-state index contributed by atoms with van der Waals surface area (Å²) in [5, 5.41) is 0.655. The predicted octanol–water partition coefficient (Wildman–Crippen LogP) is 7.09. The molecule has 5 nitrogen and oxygen atoms in total. The van der Waals surface area contributed by atoms with Gasteiger partial charge in [-0.1, -0.05) is 35.9 Å². The Kier molecular flexibility index (Phi) is 7.75. The van der Waals surface area contributed by atoms with E-state index in [0.717, 1.165) is 64.9 Å². The number of carbonyl (C=O) groups excluding carboxylic acids is 2. The van der Waals surface area contributed by atoms with Crippen molar-refractivity contribution in [1.29, 1.82) is 0 Å². The molecule has 1 aliphatic heterocycles. The number of ketones is 2. The van der Waals surface area contributed by atoms with Gasteiger partial charge in [-0.2, -0.15) is 0 Å². The van der Waals surface area contributed by atoms with Crippen LogP contribution in [0.4, 0.5) is 0 Å². The van der Waals surface area contributed by atoms with Gasteiger partial charge in [0.1, 0.15) is 6.61 Å². The second-order valence-electron chi connectivity index (χ2n) is 10.1. The Labute approximate surface area is 229 Å². The lowest BCUT2D eigenvalue weighted by molar-refractivity contribution is -0.117. The highest BCUT2D eigenvalue weighted by molar-refractivity contribution is 6.30. The first kappa shape index (κ1) is 26.3. The van der Waals surface area contributed by atoms with E-state index in [4.69, 9.17) is 21.1 Å². The van der Waals surface area contributed by atoms with Crippen molar-refractivity contribution >= 4 is 23.2 Å². The Hall–Kier alpha value is -3.31. The van der Waals surface area contributed by atoms with Gasteiger partial charge in [0, 0.05) is 58.9 Å². The Morgan fingerprint density at radius 2 is 1.68 bits per heavy atom. The Balaban J connectivity index is 1.64. The number of ether oxygens (including phenoxy) is 2. The van der Waals surface area contributed by atoms with E-state index < -0.39 is 0 Å². The van der Waals surface area contributed by atoms with Gasteiger partial charge in [0.05, 0.1) is 6.61 Å². The van der Waals surface area contributed by atoms with Crippen LogP contribution in [0, 0.1) is 0 Å². The van der Waals surface area contributed by atoms with Crippen molar-refractivity contribution < 1.29 is 19.1 Å². The van der Waals surface area contributed by atoms with E-state index in [-0.39, 0.29) is 17.5 Å². The minimum absolute atomic E-state index is 0.137. The quantitative estimate of drug-likeness (QED) is 0.340. The first-order valence-corrected chi connectivity index (χ1v) is 13.8. The van der Waals surface area contributed by atoms with Crippen LogP contribution in [0.2, 0.25) is 5.02 Å². The summed E-state index contributed by atoms with van der Waals surface area (Å²) >= 11 is 6.18. The molecule has 0 unspecified atom stereocenters. The minimum atomic E-state index is -0.387. The molecule has 0 atom stereocenters. The highest BCUT2D eigenvalue weighted by Gasteiger charge is 2.42. The molecule has 0 amide bonds. The molecule has 0 radical (unpaired) electrons. The zero-order chi connectivity index (χ0) is 26.8. The molecule has 0 spiro atoms. The average molecular weight is 532 g/mol. The average Bonchev–Trinajstić information content (AvgIpc) is 2.90. The molecule has 0 saturated carbocycles. The molecule has 2 aromatic rings. The Morgan fingerprint density at radius 1 is 1.00 bits per heavy atom. The lowest BCUT2D eigenvalue weighted by Gasteiger charge is -2.42. The topological polar surface area (TPSA) is 55.8 Å². The molecule has 2 aromatic carbocycles. The van der Waals surface area contributed by atoms with E-state index in [1.807, 2.05) is 50.4 Å². The van der Waals surface area contributed by atoms with Gasteiger partial charge >= 0.3 is 0 Å². The van der Waals surface area contributed by atoms with Crippen LogP contribution in [0.15, 0.2) is 71.6 Å². The smallest absolute Gasteiger partial charge is 0.165 e. The maximum Gasteiger partial charge on any atom is 0.165 e. The summed E-state index contributed by atoms with van der Waals surface area (Å²) in [4.78, 5) is 29.0. The van der Waals surface area contributed by atoms with Crippen LogP contribution in [0.25, 0.3) is 0 Å². The molecule has 198 valence electrons. The SMILES string of the molecule is C=CCc1cc(C2C3=C(CCCC3=O)N(C)C3=C2C(=O)CCC3)cc(OCC)c1OCc1cccc(Cl)c1. The van der Waals surface area contributed by atoms with Gasteiger partial charge in [0.15, 0.2) is 23.1 Å². The normalized spacial score (nSPS) is 17.9. The monoisotopic (exact) mass is 531 g/mol. The molecule has 3 aliphatic rings. The largest absolute Gasteiger partial charge is 0.490 e. The van der Waals surface area contributed by atoms with E-state index in [1.54, 1.807) is 0 Å². The summed E-state index contributed by atoms with van der Waals surface area (Å²) in [7, 11) is 2.01. The summed E-state index contributed by atoms with van der Waals surface area (Å²) in [5.74, 6) is 1.15. The number of hydrogen-bond donors (Lipinski definition) is 0. The number of halogens is 1. The zero-order valence-electron chi connectivity index (χ0n) is 22.1. The molecule has 0 aromatic heterocycles. The molecule has 0 saturated heterocycles. The standard InChI is InChI=1S/C32H34ClNO4/c1-4-9-21-17-22(18-28(37-5-2)32(21)38-19-20-10-6-11-23(33)16-20)29-30-24(12-7-14-26(30)35)34(3)25-13-8-15-27(36)31(25)29/h4,6,10-11,16-18,29H,1,5,7-9,12-15,19H2,2-3H3. The van der Waals surface area contributed by atoms with Crippen LogP contribution in [0.1, 0.15) is 68.1 Å². The fourth-order valence-electron chi connectivity index (χ4n) is 6.05. The van der Waals surface area contributed by atoms with Crippen molar-refractivity contribution in [3.05, 3.63) is 93.3 Å². The first-order chi connectivity index (χ1) is 18.4. The van der Waals surface area contributed by atoms with Gasteiger partial charge in [-0.05, 0) is 68.4 Å². The summed E-state index contributed by atoms with van der Waals surface area (Å²) in [6, 6.07) is 11.6. The van der Waals surface area contributed by atoms with Crippen LogP contribution < -0.4 is 9.47 Å². The van der Waals surface area contributed by atoms with Crippen LogP contribution in [-0.4, -0.2) is 30.1 Å². The molecule has 6 heteroatoms. The lowest BCUT2D eigenvalue weighted by Crippen LogP contribution is -2.37. The van der Waals surface area contributed by atoms with Gasteiger partial charge in [-0.3, -0.25) is 9.59 Å². The third-order valence-electron chi connectivity index (χ3n) is 7.67. The van der Waals surface area contributed by atoms with E-state index in [2.05, 4.69) is 17.5 Å². The van der Waals surface area contributed by atoms with Gasteiger partial charge < -0.3 is 14.4 Å². The van der Waals surface area contributed by atoms with Crippen LogP contribution in [0.3, 0.4) is 0 Å². The fraction of sp³-hybridized carbons (Fsp3) is 0.375. The van der Waals surface area contributed by atoms with Crippen LogP contribution in [-0.2, 0) is 22.6 Å². The number of rotatable bonds is 8. The molecule has 5 rings (SSSR count). The number of hydrogen-bond acceptors (Lipinski definition) is 5. The molecule has 0 fully saturated rings. The third kappa shape index (κ3) is 4.92. The van der Waals surface area contributed by atoms with Crippen molar-refractivity contribution in [2.75, 3.05) is 13.7 Å². The predicted molar refractivity (Wildman–Crippen MR) is 150 cm³/mol. The van der Waals surface area contributed by atoms with Crippen LogP contribution in [0.5, 0.6) is 11.5 Å². The van der Waals surface area contributed by atoms with Crippen molar-refractivity contribution in [3.63, 3.8) is 0 Å². The molecular weight excluding hydrogens is 498 g/mol. The van der Waals surface area contributed by atoms with Gasteiger partial charge in [-0.15, -0.1) is 6.58 Å². The van der Waals surface area contributed by atoms with Gasteiger partial charge in [-0.25, -0.2) is 0 Å². The minimum Gasteiger partial charge on any atom is -0.490 e. The number of carbonyl (C=O) groups is 2. The molecule has 2 aliphatic carbocycles. The second kappa shape index (κ2) is 11.2.